The van der Waals surface area contributed by atoms with Gasteiger partial charge in [0.25, 0.3) is 0 Å². The zero-order valence-corrected chi connectivity index (χ0v) is 10.2. The molecule has 90 valence electrons. The normalized spacial score (nSPS) is 43.2. The number of allylic oxidation sites excluding steroid dienone is 1. The number of hydrogen-bond acceptors (Lipinski definition) is 2. The van der Waals surface area contributed by atoms with Crippen molar-refractivity contribution in [2.24, 2.45) is 5.92 Å². The van der Waals surface area contributed by atoms with Gasteiger partial charge in [-0.2, -0.15) is 0 Å². The molecular formula is C14H22O2. The van der Waals surface area contributed by atoms with Crippen molar-refractivity contribution < 1.29 is 9.47 Å². The van der Waals surface area contributed by atoms with Crippen LogP contribution in [0.25, 0.3) is 0 Å². The summed E-state index contributed by atoms with van der Waals surface area (Å²) in [5.41, 5.74) is 1.82. The van der Waals surface area contributed by atoms with Gasteiger partial charge in [-0.3, -0.25) is 0 Å². The summed E-state index contributed by atoms with van der Waals surface area (Å²) in [6.07, 6.45) is 11.8. The third-order valence-electron chi connectivity index (χ3n) is 4.57. The first-order chi connectivity index (χ1) is 7.86. The second-order valence-electron chi connectivity index (χ2n) is 5.52. The zero-order valence-electron chi connectivity index (χ0n) is 10.2. The molecule has 3 rings (SSSR count). The average molecular weight is 222 g/mol. The highest BCUT2D eigenvalue weighted by Gasteiger charge is 2.56. The van der Waals surface area contributed by atoms with Crippen molar-refractivity contribution in [3.63, 3.8) is 0 Å². The summed E-state index contributed by atoms with van der Waals surface area (Å²) in [5, 5.41) is 0. The van der Waals surface area contributed by atoms with Crippen LogP contribution in [0.3, 0.4) is 0 Å². The Morgan fingerprint density at radius 2 is 2.25 bits per heavy atom. The van der Waals surface area contributed by atoms with Crippen LogP contribution in [0.4, 0.5) is 0 Å². The molecule has 0 N–H and O–H groups in total. The molecule has 2 nitrogen and oxygen atoms in total. The predicted octanol–water partition coefficient (Wildman–Crippen LogP) is 3.07. The maximum absolute atomic E-state index is 5.81. The Balaban J connectivity index is 1.84. The molecule has 1 aliphatic heterocycles. The molecule has 1 spiro atoms. The lowest BCUT2D eigenvalue weighted by molar-refractivity contribution is -0.00351. The van der Waals surface area contributed by atoms with Crippen LogP contribution < -0.4 is 0 Å². The molecule has 0 aromatic carbocycles. The molecule has 3 unspecified atom stereocenters. The van der Waals surface area contributed by atoms with Crippen molar-refractivity contribution in [3.05, 3.63) is 11.6 Å². The summed E-state index contributed by atoms with van der Waals surface area (Å²) < 4.78 is 11.5. The Bertz CT molecular complexity index is 291. The Hall–Kier alpha value is -0.340. The van der Waals surface area contributed by atoms with E-state index in [1.165, 1.54) is 44.9 Å². The molecule has 0 bridgehead atoms. The first-order valence-electron chi connectivity index (χ1n) is 6.71. The fourth-order valence-corrected chi connectivity index (χ4v) is 3.66. The lowest BCUT2D eigenvalue weighted by atomic mass is 9.71. The first-order valence-corrected chi connectivity index (χ1v) is 6.71. The molecule has 0 aromatic heterocycles. The molecule has 16 heavy (non-hydrogen) atoms. The molecule has 1 saturated carbocycles. The van der Waals surface area contributed by atoms with Crippen molar-refractivity contribution in [2.45, 2.75) is 56.7 Å². The topological polar surface area (TPSA) is 21.8 Å². The number of methoxy groups -OCH3 is 1. The minimum Gasteiger partial charge on any atom is -0.381 e. The summed E-state index contributed by atoms with van der Waals surface area (Å²) in [6.45, 7) is 0.967. The van der Waals surface area contributed by atoms with E-state index in [2.05, 4.69) is 6.08 Å². The second kappa shape index (κ2) is 4.15. The standard InChI is InChI=1S/C14H22O2/c1-15-12-8-5-9-14(10-16-14)13(12)11-6-3-2-4-7-11/h6,12-13H,2-5,7-10H2,1H3. The molecule has 0 aromatic rings. The third-order valence-corrected chi connectivity index (χ3v) is 4.57. The molecule has 1 saturated heterocycles. The van der Waals surface area contributed by atoms with Crippen LogP contribution in [0, 0.1) is 5.92 Å². The summed E-state index contributed by atoms with van der Waals surface area (Å²) in [5.74, 6) is 0.562. The molecule has 3 aliphatic rings. The van der Waals surface area contributed by atoms with Gasteiger partial charge in [-0.15, -0.1) is 0 Å². The Labute approximate surface area is 98.0 Å². The van der Waals surface area contributed by atoms with Gasteiger partial charge in [0.2, 0.25) is 0 Å². The van der Waals surface area contributed by atoms with Crippen LogP contribution in [0.5, 0.6) is 0 Å². The molecule has 2 fully saturated rings. The second-order valence-corrected chi connectivity index (χ2v) is 5.52. The molecular weight excluding hydrogens is 200 g/mol. The van der Waals surface area contributed by atoms with Gasteiger partial charge in [-0.1, -0.05) is 11.6 Å². The van der Waals surface area contributed by atoms with Gasteiger partial charge in [0, 0.05) is 13.0 Å². The minimum absolute atomic E-state index is 0.183. The molecule has 2 aliphatic carbocycles. The van der Waals surface area contributed by atoms with Crippen molar-refractivity contribution in [3.8, 4) is 0 Å². The van der Waals surface area contributed by atoms with Crippen LogP contribution in [0.2, 0.25) is 0 Å². The monoisotopic (exact) mass is 222 g/mol. The van der Waals surface area contributed by atoms with E-state index in [0.29, 0.717) is 12.0 Å². The van der Waals surface area contributed by atoms with E-state index in [4.69, 9.17) is 9.47 Å². The van der Waals surface area contributed by atoms with E-state index in [-0.39, 0.29) is 5.60 Å². The zero-order chi connectivity index (χ0) is 11.0. The predicted molar refractivity (Wildman–Crippen MR) is 63.4 cm³/mol. The molecule has 0 radical (unpaired) electrons. The van der Waals surface area contributed by atoms with Gasteiger partial charge in [0.05, 0.1) is 12.7 Å². The van der Waals surface area contributed by atoms with Gasteiger partial charge in [0.15, 0.2) is 0 Å². The summed E-state index contributed by atoms with van der Waals surface area (Å²) in [6, 6.07) is 0. The quantitative estimate of drug-likeness (QED) is 0.529. The van der Waals surface area contributed by atoms with Crippen LogP contribution in [-0.2, 0) is 9.47 Å². The lowest BCUT2D eigenvalue weighted by Gasteiger charge is -2.38. The smallest absolute Gasteiger partial charge is 0.101 e. The average Bonchev–Trinajstić information content (AvgIpc) is 3.10. The van der Waals surface area contributed by atoms with Crippen molar-refractivity contribution >= 4 is 0 Å². The Morgan fingerprint density at radius 1 is 1.38 bits per heavy atom. The maximum Gasteiger partial charge on any atom is 0.101 e. The van der Waals surface area contributed by atoms with Crippen LogP contribution >= 0.6 is 0 Å². The lowest BCUT2D eigenvalue weighted by Crippen LogP contribution is -2.41. The highest BCUT2D eigenvalue weighted by molar-refractivity contribution is 5.22. The van der Waals surface area contributed by atoms with Crippen LogP contribution in [0.15, 0.2) is 11.6 Å². The molecule has 2 heteroatoms. The molecule has 3 atom stereocenters. The van der Waals surface area contributed by atoms with Crippen LogP contribution in [-0.4, -0.2) is 25.4 Å². The Kier molecular flexibility index (Phi) is 2.80. The fraction of sp³-hybridized carbons (Fsp3) is 0.857. The largest absolute Gasteiger partial charge is 0.381 e. The van der Waals surface area contributed by atoms with Crippen molar-refractivity contribution in [1.29, 1.82) is 0 Å². The van der Waals surface area contributed by atoms with Gasteiger partial charge in [-0.25, -0.2) is 0 Å². The summed E-state index contributed by atoms with van der Waals surface area (Å²) >= 11 is 0. The fourth-order valence-electron chi connectivity index (χ4n) is 3.66. The van der Waals surface area contributed by atoms with Gasteiger partial charge < -0.3 is 9.47 Å². The van der Waals surface area contributed by atoms with E-state index in [9.17, 15) is 0 Å². The number of epoxide rings is 1. The molecule has 0 amide bonds. The maximum atomic E-state index is 5.81. The van der Waals surface area contributed by atoms with Crippen LogP contribution in [0.1, 0.15) is 44.9 Å². The van der Waals surface area contributed by atoms with E-state index in [1.807, 2.05) is 7.11 Å². The number of ether oxygens (including phenoxy) is 2. The first kappa shape index (κ1) is 10.8. The highest BCUT2D eigenvalue weighted by Crippen LogP contribution is 2.51. The number of hydrogen-bond donors (Lipinski definition) is 0. The Morgan fingerprint density at radius 3 is 2.88 bits per heavy atom. The van der Waals surface area contributed by atoms with Gasteiger partial charge >= 0.3 is 0 Å². The van der Waals surface area contributed by atoms with E-state index in [1.54, 1.807) is 5.57 Å². The third kappa shape index (κ3) is 1.72. The molecule has 1 heterocycles. The highest BCUT2D eigenvalue weighted by atomic mass is 16.6. The van der Waals surface area contributed by atoms with E-state index >= 15 is 0 Å². The summed E-state index contributed by atoms with van der Waals surface area (Å²) in [4.78, 5) is 0. The SMILES string of the molecule is COC1CCCC2(CO2)C1C1=CCCCC1. The number of rotatable bonds is 2. The van der Waals surface area contributed by atoms with Gasteiger partial charge in [-0.05, 0) is 44.9 Å². The van der Waals surface area contributed by atoms with Gasteiger partial charge in [0.1, 0.15) is 5.60 Å². The van der Waals surface area contributed by atoms with Crippen molar-refractivity contribution in [1.82, 2.24) is 0 Å². The van der Waals surface area contributed by atoms with E-state index in [0.717, 1.165) is 6.61 Å². The van der Waals surface area contributed by atoms with E-state index < -0.39 is 0 Å². The van der Waals surface area contributed by atoms with Crippen molar-refractivity contribution in [2.75, 3.05) is 13.7 Å². The minimum atomic E-state index is 0.183. The summed E-state index contributed by atoms with van der Waals surface area (Å²) in [7, 11) is 1.86.